The summed E-state index contributed by atoms with van der Waals surface area (Å²) in [5.41, 5.74) is -1.75. The van der Waals surface area contributed by atoms with Crippen molar-refractivity contribution in [2.75, 3.05) is 7.11 Å². The molecule has 0 radical (unpaired) electrons. The lowest BCUT2D eigenvalue weighted by atomic mass is 10.1. The molecule has 82 valence electrons. The first-order valence-electron chi connectivity index (χ1n) is 3.82. The molecule has 0 amide bonds. The highest BCUT2D eigenvalue weighted by molar-refractivity contribution is 6.31. The van der Waals surface area contributed by atoms with Crippen molar-refractivity contribution < 1.29 is 22.7 Å². The number of halogens is 4. The van der Waals surface area contributed by atoms with Gasteiger partial charge in [-0.1, -0.05) is 17.7 Å². The van der Waals surface area contributed by atoms with Crippen molar-refractivity contribution in [2.24, 2.45) is 0 Å². The Kier molecular flexibility index (Phi) is 3.24. The van der Waals surface area contributed by atoms with E-state index in [9.17, 15) is 18.0 Å². The molecule has 2 nitrogen and oxygen atoms in total. The molecular formula is C9H6ClF3O2. The maximum absolute atomic E-state index is 12.5. The van der Waals surface area contributed by atoms with Gasteiger partial charge in [0.15, 0.2) is 0 Å². The van der Waals surface area contributed by atoms with E-state index < -0.39 is 28.3 Å². The van der Waals surface area contributed by atoms with Gasteiger partial charge in [0.1, 0.15) is 0 Å². The van der Waals surface area contributed by atoms with Crippen molar-refractivity contribution in [1.29, 1.82) is 0 Å². The highest BCUT2D eigenvalue weighted by Gasteiger charge is 2.37. The van der Waals surface area contributed by atoms with E-state index >= 15 is 0 Å². The van der Waals surface area contributed by atoms with Crippen LogP contribution >= 0.6 is 11.6 Å². The summed E-state index contributed by atoms with van der Waals surface area (Å²) in [6, 6.07) is 3.33. The van der Waals surface area contributed by atoms with E-state index in [0.717, 1.165) is 19.2 Å². The Balaban J connectivity index is 3.40. The Hall–Kier alpha value is -1.23. The predicted octanol–water partition coefficient (Wildman–Crippen LogP) is 3.15. The molecule has 0 atom stereocenters. The molecule has 1 aromatic carbocycles. The number of hydrogen-bond acceptors (Lipinski definition) is 2. The van der Waals surface area contributed by atoms with Crippen molar-refractivity contribution in [3.8, 4) is 0 Å². The molecule has 0 aliphatic rings. The van der Waals surface area contributed by atoms with Crippen LogP contribution in [0, 0.1) is 0 Å². The number of carbonyl (C=O) groups excluding carboxylic acids is 1. The summed E-state index contributed by atoms with van der Waals surface area (Å²) in [7, 11) is 1.00. The first-order valence-corrected chi connectivity index (χ1v) is 4.19. The van der Waals surface area contributed by atoms with Crippen LogP contribution in [0.4, 0.5) is 13.2 Å². The summed E-state index contributed by atoms with van der Waals surface area (Å²) < 4.78 is 41.8. The third kappa shape index (κ3) is 2.41. The van der Waals surface area contributed by atoms with Gasteiger partial charge in [-0.2, -0.15) is 13.2 Å². The van der Waals surface area contributed by atoms with Gasteiger partial charge in [0, 0.05) is 0 Å². The van der Waals surface area contributed by atoms with Crippen molar-refractivity contribution in [3.63, 3.8) is 0 Å². The number of esters is 1. The van der Waals surface area contributed by atoms with Gasteiger partial charge >= 0.3 is 12.1 Å². The van der Waals surface area contributed by atoms with E-state index in [1.54, 1.807) is 0 Å². The molecule has 6 heteroatoms. The van der Waals surface area contributed by atoms with Crippen molar-refractivity contribution in [2.45, 2.75) is 6.18 Å². The van der Waals surface area contributed by atoms with Crippen LogP contribution in [0.15, 0.2) is 18.2 Å². The highest BCUT2D eigenvalue weighted by atomic mass is 35.5. The van der Waals surface area contributed by atoms with Crippen LogP contribution in [0.25, 0.3) is 0 Å². The molecule has 0 bridgehead atoms. The summed E-state index contributed by atoms with van der Waals surface area (Å²) >= 11 is 5.39. The van der Waals surface area contributed by atoms with E-state index in [4.69, 9.17) is 11.6 Å². The van der Waals surface area contributed by atoms with E-state index in [1.807, 2.05) is 0 Å². The number of rotatable bonds is 1. The van der Waals surface area contributed by atoms with Gasteiger partial charge in [-0.25, -0.2) is 4.79 Å². The van der Waals surface area contributed by atoms with Gasteiger partial charge < -0.3 is 4.74 Å². The predicted molar refractivity (Wildman–Crippen MR) is 47.8 cm³/mol. The SMILES string of the molecule is COC(=O)c1cccc(Cl)c1C(F)(F)F. The molecule has 0 heterocycles. The monoisotopic (exact) mass is 238 g/mol. The number of ether oxygens (including phenoxy) is 1. The average Bonchev–Trinajstić information content (AvgIpc) is 2.14. The molecular weight excluding hydrogens is 233 g/mol. The third-order valence-electron chi connectivity index (χ3n) is 1.70. The fourth-order valence-corrected chi connectivity index (χ4v) is 1.37. The van der Waals surface area contributed by atoms with E-state index in [-0.39, 0.29) is 0 Å². The summed E-state index contributed by atoms with van der Waals surface area (Å²) in [4.78, 5) is 11.1. The average molecular weight is 239 g/mol. The lowest BCUT2D eigenvalue weighted by molar-refractivity contribution is -0.138. The van der Waals surface area contributed by atoms with Crippen LogP contribution in [0.3, 0.4) is 0 Å². The van der Waals surface area contributed by atoms with Gasteiger partial charge in [0.25, 0.3) is 0 Å². The largest absolute Gasteiger partial charge is 0.465 e. The molecule has 15 heavy (non-hydrogen) atoms. The molecule has 0 aliphatic carbocycles. The van der Waals surface area contributed by atoms with Crippen molar-refractivity contribution >= 4 is 17.6 Å². The van der Waals surface area contributed by atoms with Crippen LogP contribution in [0.2, 0.25) is 5.02 Å². The molecule has 0 saturated heterocycles. The van der Waals surface area contributed by atoms with Gasteiger partial charge in [-0.05, 0) is 12.1 Å². The first-order chi connectivity index (χ1) is 6.88. The molecule has 0 aliphatic heterocycles. The Morgan fingerprint density at radius 3 is 2.47 bits per heavy atom. The van der Waals surface area contributed by atoms with Crippen LogP contribution in [0.1, 0.15) is 15.9 Å². The van der Waals surface area contributed by atoms with Crippen LogP contribution < -0.4 is 0 Å². The molecule has 1 rings (SSSR count). The third-order valence-corrected chi connectivity index (χ3v) is 2.02. The van der Waals surface area contributed by atoms with Crippen molar-refractivity contribution in [1.82, 2.24) is 0 Å². The zero-order chi connectivity index (χ0) is 11.6. The maximum atomic E-state index is 12.5. The summed E-state index contributed by atoms with van der Waals surface area (Å²) in [6.07, 6.45) is -4.68. The van der Waals surface area contributed by atoms with Crippen LogP contribution in [0.5, 0.6) is 0 Å². The second-order valence-electron chi connectivity index (χ2n) is 2.65. The second kappa shape index (κ2) is 4.10. The number of carbonyl (C=O) groups is 1. The standard InChI is InChI=1S/C9H6ClF3O2/c1-15-8(14)5-3-2-4-6(10)7(5)9(11,12)13/h2-4H,1H3. The van der Waals surface area contributed by atoms with Crippen LogP contribution in [-0.4, -0.2) is 13.1 Å². The van der Waals surface area contributed by atoms with Gasteiger partial charge in [0.2, 0.25) is 0 Å². The molecule has 0 unspecified atom stereocenters. The Morgan fingerprint density at radius 1 is 1.40 bits per heavy atom. The fraction of sp³-hybridized carbons (Fsp3) is 0.222. The number of benzene rings is 1. The first kappa shape index (κ1) is 11.8. The molecule has 0 fully saturated rings. The van der Waals surface area contributed by atoms with E-state index in [2.05, 4.69) is 4.74 Å². The quantitative estimate of drug-likeness (QED) is 0.703. The molecule has 1 aromatic rings. The fourth-order valence-electron chi connectivity index (χ4n) is 1.09. The minimum absolute atomic E-state index is 0.523. The highest BCUT2D eigenvalue weighted by Crippen LogP contribution is 2.37. The maximum Gasteiger partial charge on any atom is 0.418 e. The molecule has 0 spiro atoms. The lowest BCUT2D eigenvalue weighted by Crippen LogP contribution is -2.14. The van der Waals surface area contributed by atoms with E-state index in [1.165, 1.54) is 6.07 Å². The minimum atomic E-state index is -4.68. The molecule has 0 saturated carbocycles. The number of hydrogen-bond donors (Lipinski definition) is 0. The summed E-state index contributed by atoms with van der Waals surface area (Å²) in [5, 5.41) is -0.523. The smallest absolute Gasteiger partial charge is 0.418 e. The van der Waals surface area contributed by atoms with E-state index in [0.29, 0.717) is 0 Å². The minimum Gasteiger partial charge on any atom is -0.465 e. The number of methoxy groups -OCH3 is 1. The molecule has 0 aromatic heterocycles. The van der Waals surface area contributed by atoms with Gasteiger partial charge in [-0.15, -0.1) is 0 Å². The lowest BCUT2D eigenvalue weighted by Gasteiger charge is -2.12. The Morgan fingerprint density at radius 2 is 2.00 bits per heavy atom. The number of alkyl halides is 3. The Labute approximate surface area is 88.6 Å². The van der Waals surface area contributed by atoms with Gasteiger partial charge in [0.05, 0.1) is 23.3 Å². The van der Waals surface area contributed by atoms with Crippen molar-refractivity contribution in [3.05, 3.63) is 34.3 Å². The van der Waals surface area contributed by atoms with Crippen LogP contribution in [-0.2, 0) is 10.9 Å². The topological polar surface area (TPSA) is 26.3 Å². The Bertz CT molecular complexity index is 387. The molecule has 0 N–H and O–H groups in total. The zero-order valence-electron chi connectivity index (χ0n) is 7.56. The summed E-state index contributed by atoms with van der Waals surface area (Å²) in [5.74, 6) is -1.06. The second-order valence-corrected chi connectivity index (χ2v) is 3.06. The zero-order valence-corrected chi connectivity index (χ0v) is 8.32. The summed E-state index contributed by atoms with van der Waals surface area (Å²) in [6.45, 7) is 0. The van der Waals surface area contributed by atoms with Gasteiger partial charge in [-0.3, -0.25) is 0 Å². The normalized spacial score (nSPS) is 11.3.